The molecule has 5 rings (SSSR count). The molecule has 1 fully saturated rings. The van der Waals surface area contributed by atoms with Crippen LogP contribution in [-0.4, -0.2) is 48.1 Å². The highest BCUT2D eigenvalue weighted by atomic mass is 32.2. The lowest BCUT2D eigenvalue weighted by atomic mass is 9.92. The van der Waals surface area contributed by atoms with Crippen LogP contribution in [0.1, 0.15) is 31.2 Å². The summed E-state index contributed by atoms with van der Waals surface area (Å²) in [5, 5.41) is 3.52. The van der Waals surface area contributed by atoms with Crippen LogP contribution in [0.3, 0.4) is 0 Å². The third kappa shape index (κ3) is 5.91. The van der Waals surface area contributed by atoms with Crippen LogP contribution in [-0.2, 0) is 23.0 Å². The molecule has 0 bridgehead atoms. The number of thiazole rings is 1. The average Bonchev–Trinajstić information content (AvgIpc) is 3.51. The predicted molar refractivity (Wildman–Crippen MR) is 132 cm³/mol. The number of nitrogens with zero attached hydrogens (tertiary/aromatic N) is 5. The van der Waals surface area contributed by atoms with Crippen molar-refractivity contribution in [3.8, 4) is 16.5 Å². The fraction of sp³-hybridized carbons (Fsp3) is 0.391. The van der Waals surface area contributed by atoms with Gasteiger partial charge >= 0.3 is 12.2 Å². The molecule has 1 saturated heterocycles. The topological polar surface area (TPSA) is 114 Å². The highest BCUT2D eigenvalue weighted by Crippen LogP contribution is 2.33. The van der Waals surface area contributed by atoms with Gasteiger partial charge in [-0.15, -0.1) is 0 Å². The molecule has 14 heteroatoms. The first-order valence-corrected chi connectivity index (χ1v) is 13.5. The van der Waals surface area contributed by atoms with E-state index < -0.39 is 23.1 Å². The summed E-state index contributed by atoms with van der Waals surface area (Å²) >= 11 is -0.544. The third-order valence-corrected chi connectivity index (χ3v) is 7.64. The van der Waals surface area contributed by atoms with E-state index in [4.69, 9.17) is 18.8 Å². The molecule has 0 radical (unpaired) electrons. The van der Waals surface area contributed by atoms with E-state index in [1.165, 1.54) is 11.3 Å². The smallest absolute Gasteiger partial charge is 0.455 e. The lowest BCUT2D eigenvalue weighted by molar-refractivity contribution is -0.146. The van der Waals surface area contributed by atoms with Crippen LogP contribution in [0.5, 0.6) is 5.19 Å². The maximum atomic E-state index is 12.7. The first kappa shape index (κ1) is 25.5. The molecular weight excluding hydrogens is 531 g/mol. The van der Waals surface area contributed by atoms with Crippen LogP contribution in [0.2, 0.25) is 0 Å². The summed E-state index contributed by atoms with van der Waals surface area (Å²) in [6.45, 7) is 2.92. The van der Waals surface area contributed by atoms with Gasteiger partial charge in [-0.05, 0) is 48.5 Å². The summed E-state index contributed by atoms with van der Waals surface area (Å²) in [5.74, 6) is -1.01. The molecule has 2 atom stereocenters. The highest BCUT2D eigenvalue weighted by molar-refractivity contribution is 7.78. The lowest BCUT2D eigenvalue weighted by Gasteiger charge is -2.33. The zero-order valence-corrected chi connectivity index (χ0v) is 21.1. The predicted octanol–water partition coefficient (Wildman–Crippen LogP) is 5.17. The Bertz CT molecular complexity index is 1400. The summed E-state index contributed by atoms with van der Waals surface area (Å²) < 4.78 is 69.2. The van der Waals surface area contributed by atoms with Crippen molar-refractivity contribution < 1.29 is 31.2 Å². The monoisotopic (exact) mass is 553 g/mol. The van der Waals surface area contributed by atoms with E-state index in [2.05, 4.69) is 15.1 Å². The Morgan fingerprint density at radius 2 is 1.89 bits per heavy atom. The van der Waals surface area contributed by atoms with Crippen molar-refractivity contribution in [1.29, 1.82) is 0 Å². The molecule has 4 aromatic rings. The van der Waals surface area contributed by atoms with Gasteiger partial charge in [-0.3, -0.25) is 0 Å². The number of halogens is 3. The molecule has 9 nitrogen and oxygen atoms in total. The van der Waals surface area contributed by atoms with Crippen molar-refractivity contribution in [2.75, 3.05) is 18.0 Å². The van der Waals surface area contributed by atoms with Crippen LogP contribution in [0.4, 0.5) is 19.2 Å². The van der Waals surface area contributed by atoms with Gasteiger partial charge in [0.1, 0.15) is 16.5 Å². The minimum Gasteiger partial charge on any atom is -0.467 e. The zero-order chi connectivity index (χ0) is 26.2. The van der Waals surface area contributed by atoms with Gasteiger partial charge in [0, 0.05) is 18.7 Å². The first-order chi connectivity index (χ1) is 17.7. The Kier molecular flexibility index (Phi) is 7.14. The molecule has 3 aromatic heterocycles. The minimum atomic E-state index is -4.64. The molecule has 1 aromatic carbocycles. The molecule has 1 N–H and O–H groups in total. The van der Waals surface area contributed by atoms with E-state index in [9.17, 15) is 17.4 Å². The number of anilines is 1. The molecule has 0 spiro atoms. The number of pyridine rings is 1. The van der Waals surface area contributed by atoms with Crippen molar-refractivity contribution in [1.82, 2.24) is 20.1 Å². The number of piperidine rings is 1. The van der Waals surface area contributed by atoms with Crippen molar-refractivity contribution in [3.05, 3.63) is 47.8 Å². The van der Waals surface area contributed by atoms with Crippen LogP contribution in [0.15, 0.2) is 40.9 Å². The molecule has 0 amide bonds. The molecule has 0 saturated carbocycles. The second kappa shape index (κ2) is 10.3. The van der Waals surface area contributed by atoms with Gasteiger partial charge in [-0.2, -0.15) is 18.2 Å². The molecule has 1 aliphatic rings. The molecule has 37 heavy (non-hydrogen) atoms. The molecule has 4 heterocycles. The standard InChI is InChI=1S/C23H22F3N5O4S2/c1-13(15-8-10-31(11-9-15)21-29-20(30-35-21)23(24,25)26)34-22-28-18-7-6-17(27-19(18)36-22)16-4-2-14(3-5-16)12-37(32)33/h2-7,13,15H,8-12H2,1H3,(H,32,33). The van der Waals surface area contributed by atoms with Crippen molar-refractivity contribution in [2.45, 2.75) is 37.8 Å². The Morgan fingerprint density at radius 1 is 1.16 bits per heavy atom. The number of hydrogen-bond donors (Lipinski definition) is 1. The lowest BCUT2D eigenvalue weighted by Crippen LogP contribution is -2.38. The Labute approximate surface area is 216 Å². The van der Waals surface area contributed by atoms with E-state index in [1.807, 2.05) is 31.2 Å². The van der Waals surface area contributed by atoms with Gasteiger partial charge in [0.15, 0.2) is 11.1 Å². The fourth-order valence-corrected chi connectivity index (χ4v) is 5.55. The second-order valence-corrected chi connectivity index (χ2v) is 10.6. The zero-order valence-electron chi connectivity index (χ0n) is 19.5. The highest BCUT2D eigenvalue weighted by Gasteiger charge is 2.38. The Balaban J connectivity index is 1.20. The second-order valence-electron chi connectivity index (χ2n) is 8.71. The van der Waals surface area contributed by atoms with Crippen molar-refractivity contribution in [3.63, 3.8) is 0 Å². The molecule has 196 valence electrons. The summed E-state index contributed by atoms with van der Waals surface area (Å²) in [6, 6.07) is 11.0. The van der Waals surface area contributed by atoms with Gasteiger partial charge in [0.05, 0.1) is 11.4 Å². The van der Waals surface area contributed by atoms with Crippen LogP contribution < -0.4 is 9.64 Å². The quantitative estimate of drug-likeness (QED) is 0.310. The van der Waals surface area contributed by atoms with Crippen molar-refractivity contribution >= 4 is 38.8 Å². The van der Waals surface area contributed by atoms with Gasteiger partial charge in [0.25, 0.3) is 11.0 Å². The first-order valence-electron chi connectivity index (χ1n) is 11.4. The SMILES string of the molecule is CC(Oc1nc2ccc(-c3ccc(CS(=O)O)cc3)nc2s1)C1CCN(c2nc(C(F)(F)F)no2)CC1. The Morgan fingerprint density at radius 3 is 2.54 bits per heavy atom. The maximum Gasteiger partial charge on any atom is 0.455 e. The largest absolute Gasteiger partial charge is 0.467 e. The molecule has 1 aliphatic heterocycles. The van der Waals surface area contributed by atoms with Crippen LogP contribution in [0.25, 0.3) is 21.6 Å². The summed E-state index contributed by atoms with van der Waals surface area (Å²) in [6.07, 6.45) is -3.40. The average molecular weight is 554 g/mol. The van der Waals surface area contributed by atoms with E-state index in [-0.39, 0.29) is 23.8 Å². The normalized spacial score (nSPS) is 16.7. The van der Waals surface area contributed by atoms with E-state index in [0.29, 0.717) is 31.1 Å². The molecular formula is C23H22F3N5O4S2. The van der Waals surface area contributed by atoms with Crippen LogP contribution >= 0.6 is 11.3 Å². The van der Waals surface area contributed by atoms with Crippen molar-refractivity contribution in [2.24, 2.45) is 5.92 Å². The Hall–Kier alpha value is -3.10. The number of fused-ring (bicyclic) bond motifs is 1. The number of aromatic nitrogens is 4. The number of ether oxygens (including phenoxy) is 1. The number of benzene rings is 1. The van der Waals surface area contributed by atoms with E-state index in [0.717, 1.165) is 27.2 Å². The summed E-state index contributed by atoms with van der Waals surface area (Å²) in [4.78, 5) is 15.1. The number of rotatable bonds is 7. The fourth-order valence-electron chi connectivity index (χ4n) is 4.20. The van der Waals surface area contributed by atoms with Crippen LogP contribution in [0, 0.1) is 5.92 Å². The molecule has 2 unspecified atom stereocenters. The molecule has 0 aliphatic carbocycles. The third-order valence-electron chi connectivity index (χ3n) is 6.21. The summed E-state index contributed by atoms with van der Waals surface area (Å²) in [7, 11) is 0. The van der Waals surface area contributed by atoms with Gasteiger partial charge in [-0.1, -0.05) is 35.6 Å². The van der Waals surface area contributed by atoms with Gasteiger partial charge < -0.3 is 18.7 Å². The van der Waals surface area contributed by atoms with E-state index >= 15 is 0 Å². The van der Waals surface area contributed by atoms with E-state index in [1.54, 1.807) is 17.0 Å². The summed E-state index contributed by atoms with van der Waals surface area (Å²) in [5.41, 5.74) is 3.13. The number of hydrogen-bond acceptors (Lipinski definition) is 9. The minimum absolute atomic E-state index is 0.0788. The van der Waals surface area contributed by atoms with Gasteiger partial charge in [-0.25, -0.2) is 14.2 Å². The van der Waals surface area contributed by atoms with Gasteiger partial charge in [0.2, 0.25) is 0 Å². The maximum absolute atomic E-state index is 12.7. The number of alkyl halides is 3.